The first kappa shape index (κ1) is 14.3. The van der Waals surface area contributed by atoms with Gasteiger partial charge in [0, 0.05) is 24.0 Å². The van der Waals surface area contributed by atoms with E-state index in [2.05, 4.69) is 4.98 Å². The number of fused-ring (bicyclic) bond motifs is 1. The van der Waals surface area contributed by atoms with Crippen LogP contribution in [0.4, 0.5) is 0 Å². The van der Waals surface area contributed by atoms with Gasteiger partial charge in [-0.25, -0.2) is 4.98 Å². The summed E-state index contributed by atoms with van der Waals surface area (Å²) in [6.45, 7) is 0.805. The van der Waals surface area contributed by atoms with E-state index in [4.69, 9.17) is 11.6 Å². The number of amides is 1. The molecule has 1 saturated heterocycles. The van der Waals surface area contributed by atoms with Gasteiger partial charge in [0.05, 0.1) is 18.2 Å². The molecule has 0 aliphatic carbocycles. The molecule has 0 spiro atoms. The average Bonchev–Trinajstić information content (AvgIpc) is 2.90. The van der Waals surface area contributed by atoms with Crippen molar-refractivity contribution in [3.05, 3.63) is 71.1 Å². The number of aromatic nitrogens is 2. The highest BCUT2D eigenvalue weighted by Crippen LogP contribution is 2.34. The zero-order chi connectivity index (χ0) is 15.8. The van der Waals surface area contributed by atoms with Crippen LogP contribution in [0.5, 0.6) is 0 Å². The second-order valence-corrected chi connectivity index (χ2v) is 6.25. The molecule has 116 valence electrons. The van der Waals surface area contributed by atoms with Crippen LogP contribution >= 0.6 is 11.6 Å². The molecule has 0 radical (unpaired) electrons. The van der Waals surface area contributed by atoms with Crippen LogP contribution in [0.3, 0.4) is 0 Å². The molecule has 0 N–H and O–H groups in total. The average molecular weight is 326 g/mol. The molecular formula is C18H16ClN3O. The van der Waals surface area contributed by atoms with Gasteiger partial charge in [0.25, 0.3) is 0 Å². The monoisotopic (exact) mass is 325 g/mol. The molecule has 2 aromatic heterocycles. The van der Waals surface area contributed by atoms with Gasteiger partial charge in [-0.1, -0.05) is 29.8 Å². The highest BCUT2D eigenvalue weighted by atomic mass is 35.5. The summed E-state index contributed by atoms with van der Waals surface area (Å²) in [5.41, 5.74) is 2.82. The van der Waals surface area contributed by atoms with E-state index >= 15 is 0 Å². The maximum atomic E-state index is 12.6. The molecular weight excluding hydrogens is 310 g/mol. The number of likely N-dealkylation sites (tertiary alicyclic amines) is 1. The van der Waals surface area contributed by atoms with Gasteiger partial charge in [-0.3, -0.25) is 4.79 Å². The number of hydrogen-bond donors (Lipinski definition) is 0. The molecule has 1 aliphatic rings. The van der Waals surface area contributed by atoms with Crippen LogP contribution < -0.4 is 0 Å². The van der Waals surface area contributed by atoms with Gasteiger partial charge in [0.15, 0.2) is 0 Å². The zero-order valence-corrected chi connectivity index (χ0v) is 13.3. The number of imidazole rings is 1. The van der Waals surface area contributed by atoms with Crippen molar-refractivity contribution in [1.29, 1.82) is 0 Å². The Hall–Kier alpha value is -2.33. The minimum atomic E-state index is 0.125. The Bertz CT molecular complexity index is 823. The summed E-state index contributed by atoms with van der Waals surface area (Å²) in [5.74, 6) is 0.125. The molecule has 0 saturated carbocycles. The molecule has 1 amide bonds. The number of hydrogen-bond acceptors (Lipinski definition) is 2. The van der Waals surface area contributed by atoms with E-state index in [1.807, 2.05) is 64.2 Å². The molecule has 1 fully saturated rings. The summed E-state index contributed by atoms with van der Waals surface area (Å²) in [5, 5.41) is 0.718. The van der Waals surface area contributed by atoms with Crippen molar-refractivity contribution < 1.29 is 4.79 Å². The normalized spacial score (nSPS) is 17.3. The number of rotatable bonds is 3. The van der Waals surface area contributed by atoms with Crippen molar-refractivity contribution in [3.63, 3.8) is 0 Å². The van der Waals surface area contributed by atoms with Crippen molar-refractivity contribution in [2.75, 3.05) is 6.54 Å². The molecule has 1 aromatic carbocycles. The maximum Gasteiger partial charge on any atom is 0.229 e. The summed E-state index contributed by atoms with van der Waals surface area (Å²) in [6, 6.07) is 13.7. The number of carbonyl (C=O) groups is 1. The summed E-state index contributed by atoms with van der Waals surface area (Å²) in [7, 11) is 0. The number of carbonyl (C=O) groups excluding carboxylic acids is 1. The predicted octanol–water partition coefficient (Wildman–Crippen LogP) is 3.50. The summed E-state index contributed by atoms with van der Waals surface area (Å²) in [4.78, 5) is 19.0. The lowest BCUT2D eigenvalue weighted by molar-refractivity contribution is -0.138. The van der Waals surface area contributed by atoms with Gasteiger partial charge in [0.2, 0.25) is 5.91 Å². The lowest BCUT2D eigenvalue weighted by atomic mass is 9.94. The highest BCUT2D eigenvalue weighted by Gasteiger charge is 2.33. The Kier molecular flexibility index (Phi) is 3.54. The van der Waals surface area contributed by atoms with E-state index in [1.165, 1.54) is 0 Å². The second-order valence-electron chi connectivity index (χ2n) is 5.82. The number of nitrogens with zero attached hydrogens (tertiary/aromatic N) is 3. The first-order chi connectivity index (χ1) is 11.2. The minimum absolute atomic E-state index is 0.125. The zero-order valence-electron chi connectivity index (χ0n) is 12.5. The highest BCUT2D eigenvalue weighted by molar-refractivity contribution is 6.30. The maximum absolute atomic E-state index is 12.6. The van der Waals surface area contributed by atoms with Gasteiger partial charge < -0.3 is 9.30 Å². The Balaban J connectivity index is 1.49. The van der Waals surface area contributed by atoms with E-state index in [0.29, 0.717) is 6.42 Å². The lowest BCUT2D eigenvalue weighted by Crippen LogP contribution is -2.45. The quantitative estimate of drug-likeness (QED) is 0.739. The van der Waals surface area contributed by atoms with Crippen molar-refractivity contribution >= 4 is 23.2 Å². The molecule has 4 rings (SSSR count). The van der Waals surface area contributed by atoms with Crippen LogP contribution in [0, 0.1) is 0 Å². The van der Waals surface area contributed by atoms with Crippen molar-refractivity contribution in [1.82, 2.24) is 14.3 Å². The summed E-state index contributed by atoms with van der Waals surface area (Å²) in [6.07, 6.45) is 5.20. The molecule has 3 aromatic rings. The Morgan fingerprint density at radius 1 is 1.22 bits per heavy atom. The Labute approximate surface area is 139 Å². The summed E-state index contributed by atoms with van der Waals surface area (Å²) >= 11 is 5.93. The fourth-order valence-electron chi connectivity index (χ4n) is 3.05. The van der Waals surface area contributed by atoms with Gasteiger partial charge >= 0.3 is 0 Å². The smallest absolute Gasteiger partial charge is 0.229 e. The van der Waals surface area contributed by atoms with E-state index in [-0.39, 0.29) is 11.9 Å². The standard InChI is InChI=1S/C18H16ClN3O/c19-14-6-4-13(5-7-14)16-8-10-22(16)18(23)11-15-12-21-9-2-1-3-17(21)20-15/h1-7,9,12,16H,8,10-11H2/t16-/m1/s1. The molecule has 1 atom stereocenters. The van der Waals surface area contributed by atoms with E-state index in [1.54, 1.807) is 0 Å². The van der Waals surface area contributed by atoms with E-state index in [9.17, 15) is 4.79 Å². The SMILES string of the molecule is O=C(Cc1cn2ccccc2n1)N1CC[C@@H]1c1ccc(Cl)cc1. The minimum Gasteiger partial charge on any atom is -0.335 e. The molecule has 1 aliphatic heterocycles. The topological polar surface area (TPSA) is 37.6 Å². The molecule has 3 heterocycles. The number of pyridine rings is 1. The van der Waals surface area contributed by atoms with Gasteiger partial charge in [0.1, 0.15) is 5.65 Å². The van der Waals surface area contributed by atoms with Crippen LogP contribution in [0.2, 0.25) is 5.02 Å². The Morgan fingerprint density at radius 2 is 2.04 bits per heavy atom. The first-order valence-electron chi connectivity index (χ1n) is 7.68. The van der Waals surface area contributed by atoms with Gasteiger partial charge in [-0.15, -0.1) is 0 Å². The van der Waals surface area contributed by atoms with Crippen LogP contribution in [0.25, 0.3) is 5.65 Å². The Morgan fingerprint density at radius 3 is 2.74 bits per heavy atom. The third kappa shape index (κ3) is 2.70. The van der Waals surface area contributed by atoms with Crippen LogP contribution in [-0.2, 0) is 11.2 Å². The van der Waals surface area contributed by atoms with Crippen molar-refractivity contribution in [2.45, 2.75) is 18.9 Å². The molecule has 23 heavy (non-hydrogen) atoms. The summed E-state index contributed by atoms with van der Waals surface area (Å²) < 4.78 is 1.94. The number of halogens is 1. The second kappa shape index (κ2) is 5.70. The lowest BCUT2D eigenvalue weighted by Gasteiger charge is -2.41. The molecule has 4 nitrogen and oxygen atoms in total. The predicted molar refractivity (Wildman–Crippen MR) is 89.4 cm³/mol. The van der Waals surface area contributed by atoms with Gasteiger partial charge in [-0.2, -0.15) is 0 Å². The van der Waals surface area contributed by atoms with Crippen molar-refractivity contribution in [2.24, 2.45) is 0 Å². The van der Waals surface area contributed by atoms with Crippen LogP contribution in [-0.4, -0.2) is 26.7 Å². The first-order valence-corrected chi connectivity index (χ1v) is 8.06. The fraction of sp³-hybridized carbons (Fsp3) is 0.222. The molecule has 5 heteroatoms. The number of benzene rings is 1. The molecule has 0 unspecified atom stereocenters. The van der Waals surface area contributed by atoms with Crippen molar-refractivity contribution in [3.8, 4) is 0 Å². The van der Waals surface area contributed by atoms with Crippen LogP contribution in [0.1, 0.15) is 23.7 Å². The van der Waals surface area contributed by atoms with Crippen LogP contribution in [0.15, 0.2) is 54.9 Å². The van der Waals surface area contributed by atoms with E-state index in [0.717, 1.165) is 34.9 Å². The largest absolute Gasteiger partial charge is 0.335 e. The van der Waals surface area contributed by atoms with E-state index < -0.39 is 0 Å². The van der Waals surface area contributed by atoms with Gasteiger partial charge in [-0.05, 0) is 36.2 Å². The fourth-order valence-corrected chi connectivity index (χ4v) is 3.17. The third-order valence-electron chi connectivity index (χ3n) is 4.34. The molecule has 0 bridgehead atoms. The third-order valence-corrected chi connectivity index (χ3v) is 4.59.